The first kappa shape index (κ1) is 24.6. The lowest BCUT2D eigenvalue weighted by Gasteiger charge is -2.35. The van der Waals surface area contributed by atoms with Crippen molar-refractivity contribution in [3.8, 4) is 12.3 Å². The zero-order chi connectivity index (χ0) is 17.5. The van der Waals surface area contributed by atoms with Crippen LogP contribution >= 0.6 is 0 Å². The second-order valence-electron chi connectivity index (χ2n) is 5.26. The SMILES string of the molecule is C#C/C=C\N.C/C=C\C(C)=C(/C)C(C)(CC)C(C)C.CC. The molecular formula is C20H37N. The molecule has 0 saturated heterocycles. The molecule has 2 N–H and O–H groups in total. The number of nitrogens with two attached hydrogens (primary N) is 1. The molecule has 21 heavy (non-hydrogen) atoms. The summed E-state index contributed by atoms with van der Waals surface area (Å²) in [6, 6.07) is 0. The fraction of sp³-hybridized carbons (Fsp3) is 0.600. The normalized spacial score (nSPS) is 14.5. The van der Waals surface area contributed by atoms with Gasteiger partial charge in [-0.25, -0.2) is 0 Å². The number of hydrogen-bond donors (Lipinski definition) is 1. The maximum absolute atomic E-state index is 4.82. The van der Waals surface area contributed by atoms with Crippen molar-refractivity contribution in [2.45, 2.75) is 68.7 Å². The summed E-state index contributed by atoms with van der Waals surface area (Å²) in [5.41, 5.74) is 8.12. The van der Waals surface area contributed by atoms with Gasteiger partial charge in [0.05, 0.1) is 0 Å². The van der Waals surface area contributed by atoms with E-state index in [2.05, 4.69) is 66.5 Å². The maximum atomic E-state index is 4.82. The lowest BCUT2D eigenvalue weighted by atomic mass is 9.70. The molecule has 1 heteroatoms. The Labute approximate surface area is 134 Å². The van der Waals surface area contributed by atoms with Crippen molar-refractivity contribution >= 4 is 0 Å². The molecule has 0 aliphatic heterocycles. The van der Waals surface area contributed by atoms with Crippen LogP contribution in [0, 0.1) is 23.7 Å². The van der Waals surface area contributed by atoms with Crippen LogP contribution in [0.5, 0.6) is 0 Å². The summed E-state index contributed by atoms with van der Waals surface area (Å²) in [5.74, 6) is 2.91. The average molecular weight is 292 g/mol. The summed E-state index contributed by atoms with van der Waals surface area (Å²) < 4.78 is 0. The zero-order valence-corrected chi connectivity index (χ0v) is 15.7. The Kier molecular flexibility index (Phi) is 17.5. The highest BCUT2D eigenvalue weighted by molar-refractivity contribution is 5.27. The zero-order valence-electron chi connectivity index (χ0n) is 15.7. The quantitative estimate of drug-likeness (QED) is 0.492. The van der Waals surface area contributed by atoms with E-state index in [1.165, 1.54) is 29.8 Å². The maximum Gasteiger partial charge on any atom is 0.00335 e. The minimum Gasteiger partial charge on any atom is -0.404 e. The van der Waals surface area contributed by atoms with Crippen molar-refractivity contribution < 1.29 is 0 Å². The van der Waals surface area contributed by atoms with E-state index in [0.717, 1.165) is 0 Å². The Morgan fingerprint density at radius 2 is 1.76 bits per heavy atom. The summed E-state index contributed by atoms with van der Waals surface area (Å²) >= 11 is 0. The van der Waals surface area contributed by atoms with Crippen molar-refractivity contribution in [2.75, 3.05) is 0 Å². The third-order valence-electron chi connectivity index (χ3n) is 4.07. The Morgan fingerprint density at radius 3 is 1.95 bits per heavy atom. The van der Waals surface area contributed by atoms with E-state index in [1.54, 1.807) is 0 Å². The van der Waals surface area contributed by atoms with Gasteiger partial charge in [-0.1, -0.05) is 70.8 Å². The summed E-state index contributed by atoms with van der Waals surface area (Å²) in [6.45, 7) is 19.9. The highest BCUT2D eigenvalue weighted by atomic mass is 14.5. The van der Waals surface area contributed by atoms with Crippen LogP contribution in [0.25, 0.3) is 0 Å². The van der Waals surface area contributed by atoms with Crippen LogP contribution in [0.15, 0.2) is 35.6 Å². The smallest absolute Gasteiger partial charge is 0.00335 e. The van der Waals surface area contributed by atoms with Gasteiger partial charge in [0, 0.05) is 12.3 Å². The van der Waals surface area contributed by atoms with Gasteiger partial charge in [0.25, 0.3) is 0 Å². The van der Waals surface area contributed by atoms with E-state index < -0.39 is 0 Å². The second kappa shape index (κ2) is 15.0. The van der Waals surface area contributed by atoms with E-state index in [0.29, 0.717) is 11.3 Å². The van der Waals surface area contributed by atoms with Crippen molar-refractivity contribution in [2.24, 2.45) is 17.1 Å². The standard InChI is InChI=1S/C14H26.C4H5N.C2H6/c1-8-10-12(5)13(6)14(7,9-2)11(3)4;1-2-3-4-5;1-2/h8,10-11H,9H2,1-7H3;1,3-4H,5H2;1-2H3/b10-8-,13-12+;4-3-;. The largest absolute Gasteiger partial charge is 0.404 e. The first-order valence-corrected chi connectivity index (χ1v) is 7.95. The van der Waals surface area contributed by atoms with E-state index >= 15 is 0 Å². The van der Waals surface area contributed by atoms with Crippen LogP contribution in [-0.4, -0.2) is 0 Å². The molecule has 0 spiro atoms. The third kappa shape index (κ3) is 10.0. The lowest BCUT2D eigenvalue weighted by Crippen LogP contribution is -2.24. The molecular weight excluding hydrogens is 254 g/mol. The van der Waals surface area contributed by atoms with Gasteiger partial charge in [0.1, 0.15) is 0 Å². The molecule has 0 aliphatic carbocycles. The minimum atomic E-state index is 0.351. The monoisotopic (exact) mass is 291 g/mol. The van der Waals surface area contributed by atoms with Gasteiger partial charge >= 0.3 is 0 Å². The fourth-order valence-electron chi connectivity index (χ4n) is 1.99. The molecule has 122 valence electrons. The van der Waals surface area contributed by atoms with Crippen LogP contribution in [0.2, 0.25) is 0 Å². The Morgan fingerprint density at radius 1 is 1.29 bits per heavy atom. The topological polar surface area (TPSA) is 26.0 Å². The van der Waals surface area contributed by atoms with Crippen molar-refractivity contribution in [1.29, 1.82) is 0 Å². The molecule has 0 aromatic carbocycles. The molecule has 0 heterocycles. The van der Waals surface area contributed by atoms with Gasteiger partial charge in [-0.3, -0.25) is 0 Å². The molecule has 0 amide bonds. The van der Waals surface area contributed by atoms with E-state index in [1.807, 2.05) is 13.8 Å². The number of terminal acetylenes is 1. The molecule has 0 aromatic heterocycles. The van der Waals surface area contributed by atoms with Crippen LogP contribution in [0.3, 0.4) is 0 Å². The predicted octanol–water partition coefficient (Wildman–Crippen LogP) is 6.09. The highest BCUT2D eigenvalue weighted by Crippen LogP contribution is 2.39. The van der Waals surface area contributed by atoms with Gasteiger partial charge in [-0.05, 0) is 38.5 Å². The van der Waals surface area contributed by atoms with Crippen LogP contribution < -0.4 is 5.73 Å². The van der Waals surface area contributed by atoms with Gasteiger partial charge < -0.3 is 5.73 Å². The molecule has 0 rings (SSSR count). The van der Waals surface area contributed by atoms with Gasteiger partial charge in [-0.15, -0.1) is 6.42 Å². The molecule has 1 unspecified atom stereocenters. The third-order valence-corrected chi connectivity index (χ3v) is 4.07. The number of rotatable bonds is 4. The fourth-order valence-corrected chi connectivity index (χ4v) is 1.99. The molecule has 0 radical (unpaired) electrons. The average Bonchev–Trinajstić information content (AvgIpc) is 2.49. The molecule has 0 aliphatic rings. The minimum absolute atomic E-state index is 0.351. The van der Waals surface area contributed by atoms with E-state index in [9.17, 15) is 0 Å². The Bertz CT molecular complexity index is 364. The van der Waals surface area contributed by atoms with Crippen molar-refractivity contribution in [1.82, 2.24) is 0 Å². The van der Waals surface area contributed by atoms with Gasteiger partial charge in [-0.2, -0.15) is 0 Å². The van der Waals surface area contributed by atoms with Crippen LogP contribution in [0.1, 0.15) is 68.7 Å². The Hall–Kier alpha value is -1.42. The first-order chi connectivity index (χ1) is 9.81. The van der Waals surface area contributed by atoms with Crippen LogP contribution in [0.4, 0.5) is 0 Å². The summed E-state index contributed by atoms with van der Waals surface area (Å²) in [5, 5.41) is 0. The van der Waals surface area contributed by atoms with E-state index in [4.69, 9.17) is 12.2 Å². The van der Waals surface area contributed by atoms with Crippen molar-refractivity contribution in [3.05, 3.63) is 35.6 Å². The van der Waals surface area contributed by atoms with E-state index in [-0.39, 0.29) is 0 Å². The lowest BCUT2D eigenvalue weighted by molar-refractivity contribution is 0.264. The van der Waals surface area contributed by atoms with Gasteiger partial charge in [0.2, 0.25) is 0 Å². The molecule has 0 fully saturated rings. The number of hydrogen-bond acceptors (Lipinski definition) is 1. The summed E-state index contributed by atoms with van der Waals surface area (Å²) in [4.78, 5) is 0. The second-order valence-corrected chi connectivity index (χ2v) is 5.26. The molecule has 0 saturated carbocycles. The molecule has 1 atom stereocenters. The molecule has 1 nitrogen and oxygen atoms in total. The predicted molar refractivity (Wildman–Crippen MR) is 99.9 cm³/mol. The van der Waals surface area contributed by atoms with Crippen LogP contribution in [-0.2, 0) is 0 Å². The number of allylic oxidation sites excluding steroid dienone is 5. The first-order valence-electron chi connectivity index (χ1n) is 7.95. The summed E-state index contributed by atoms with van der Waals surface area (Å²) in [7, 11) is 0. The molecule has 0 bridgehead atoms. The Balaban J connectivity index is -0.000000389. The summed E-state index contributed by atoms with van der Waals surface area (Å²) in [6.07, 6.45) is 13.0. The molecule has 0 aromatic rings. The highest BCUT2D eigenvalue weighted by Gasteiger charge is 2.28. The van der Waals surface area contributed by atoms with Gasteiger partial charge in [0.15, 0.2) is 0 Å². The van der Waals surface area contributed by atoms with Crippen molar-refractivity contribution in [3.63, 3.8) is 0 Å².